The highest BCUT2D eigenvalue weighted by Crippen LogP contribution is 2.28. The molecule has 0 aliphatic heterocycles. The zero-order valence-corrected chi connectivity index (χ0v) is 18.4. The number of nitrogens with one attached hydrogen (secondary N) is 2. The summed E-state index contributed by atoms with van der Waals surface area (Å²) in [6.07, 6.45) is 2.72. The number of hydrogen-bond acceptors (Lipinski definition) is 8. The topological polar surface area (TPSA) is 161 Å². The van der Waals surface area contributed by atoms with Gasteiger partial charge in [0.1, 0.15) is 5.82 Å². The van der Waals surface area contributed by atoms with Crippen LogP contribution in [0.25, 0.3) is 22.8 Å². The predicted octanol–water partition coefficient (Wildman–Crippen LogP) is 2.33. The lowest BCUT2D eigenvalue weighted by atomic mass is 10.2. The van der Waals surface area contributed by atoms with E-state index in [0.29, 0.717) is 34.3 Å². The summed E-state index contributed by atoms with van der Waals surface area (Å²) in [5.41, 5.74) is 1.71. The van der Waals surface area contributed by atoms with Gasteiger partial charge in [-0.15, -0.1) is 0 Å². The van der Waals surface area contributed by atoms with Crippen molar-refractivity contribution in [3.05, 3.63) is 66.9 Å². The second-order valence-electron chi connectivity index (χ2n) is 6.90. The number of anilines is 2. The zero-order chi connectivity index (χ0) is 22.9. The Balaban J connectivity index is 1.65. The number of sulfone groups is 1. The van der Waals surface area contributed by atoms with Gasteiger partial charge in [0.15, 0.2) is 21.5 Å². The first kappa shape index (κ1) is 21.6. The van der Waals surface area contributed by atoms with Crippen LogP contribution < -0.4 is 10.5 Å². The van der Waals surface area contributed by atoms with Gasteiger partial charge in [-0.3, -0.25) is 5.10 Å². The molecule has 0 fully saturated rings. The molecule has 4 rings (SSSR count). The van der Waals surface area contributed by atoms with Gasteiger partial charge in [0.05, 0.1) is 15.4 Å². The number of benzene rings is 2. The maximum Gasteiger partial charge on any atom is 0.238 e. The molecule has 0 saturated carbocycles. The molecule has 0 amide bonds. The van der Waals surface area contributed by atoms with Gasteiger partial charge in [-0.25, -0.2) is 31.9 Å². The van der Waals surface area contributed by atoms with Crippen molar-refractivity contribution in [2.24, 2.45) is 5.14 Å². The van der Waals surface area contributed by atoms with Crippen LogP contribution in [0, 0.1) is 0 Å². The minimum absolute atomic E-state index is 0.0283. The summed E-state index contributed by atoms with van der Waals surface area (Å²) in [6, 6.07) is 15.8. The van der Waals surface area contributed by atoms with Crippen molar-refractivity contribution in [2.75, 3.05) is 11.6 Å². The third-order valence-electron chi connectivity index (χ3n) is 4.51. The number of sulfonamides is 1. The summed E-state index contributed by atoms with van der Waals surface area (Å²) in [7, 11) is -7.14. The molecule has 2 heterocycles. The molecule has 2 aromatic heterocycles. The number of primary sulfonamides is 1. The Morgan fingerprint density at radius 2 is 1.69 bits per heavy atom. The predicted molar refractivity (Wildman–Crippen MR) is 119 cm³/mol. The highest BCUT2D eigenvalue weighted by Gasteiger charge is 2.15. The van der Waals surface area contributed by atoms with E-state index in [0.717, 1.165) is 6.26 Å². The van der Waals surface area contributed by atoms with Crippen molar-refractivity contribution in [2.45, 2.75) is 9.79 Å². The van der Waals surface area contributed by atoms with E-state index in [9.17, 15) is 16.8 Å². The summed E-state index contributed by atoms with van der Waals surface area (Å²) in [6.45, 7) is 0. The van der Waals surface area contributed by atoms with Crippen molar-refractivity contribution >= 4 is 31.4 Å². The second kappa shape index (κ2) is 8.15. The van der Waals surface area contributed by atoms with Crippen molar-refractivity contribution in [1.29, 1.82) is 0 Å². The van der Waals surface area contributed by atoms with Crippen LogP contribution in [0.5, 0.6) is 0 Å². The molecular weight excluding hydrogens is 452 g/mol. The van der Waals surface area contributed by atoms with Crippen LogP contribution in [-0.2, 0) is 19.9 Å². The van der Waals surface area contributed by atoms with Crippen LogP contribution in [-0.4, -0.2) is 43.3 Å². The average Bonchev–Trinajstić information content (AvgIpc) is 3.23. The second-order valence-corrected chi connectivity index (χ2v) is 10.5. The van der Waals surface area contributed by atoms with Crippen molar-refractivity contribution < 1.29 is 16.8 Å². The van der Waals surface area contributed by atoms with E-state index in [2.05, 4.69) is 25.5 Å². The largest absolute Gasteiger partial charge is 0.340 e. The monoisotopic (exact) mass is 470 g/mol. The molecule has 0 spiro atoms. The molecule has 2 aromatic carbocycles. The first-order chi connectivity index (χ1) is 15.1. The molecule has 0 atom stereocenters. The van der Waals surface area contributed by atoms with Crippen LogP contribution >= 0.6 is 0 Å². The molecule has 0 bridgehead atoms. The third kappa shape index (κ3) is 4.66. The van der Waals surface area contributed by atoms with Crippen LogP contribution in [0.15, 0.2) is 76.7 Å². The number of aromatic nitrogens is 4. The van der Waals surface area contributed by atoms with E-state index in [1.165, 1.54) is 24.3 Å². The Kier molecular flexibility index (Phi) is 5.50. The molecule has 4 N–H and O–H groups in total. The van der Waals surface area contributed by atoms with E-state index >= 15 is 0 Å². The van der Waals surface area contributed by atoms with Gasteiger partial charge in [-0.1, -0.05) is 6.07 Å². The van der Waals surface area contributed by atoms with E-state index in [1.54, 1.807) is 42.6 Å². The highest BCUT2D eigenvalue weighted by molar-refractivity contribution is 7.90. The maximum atomic E-state index is 11.6. The van der Waals surface area contributed by atoms with Gasteiger partial charge >= 0.3 is 0 Å². The molecule has 10 nitrogen and oxygen atoms in total. The number of pyridine rings is 1. The van der Waals surface area contributed by atoms with Crippen molar-refractivity contribution in [1.82, 2.24) is 20.2 Å². The molecule has 12 heteroatoms. The summed E-state index contributed by atoms with van der Waals surface area (Å²) in [5.74, 6) is 1.23. The number of nitrogens with zero attached hydrogens (tertiary/aromatic N) is 3. The molecule has 0 aliphatic rings. The van der Waals surface area contributed by atoms with Gasteiger partial charge in [-0.2, -0.15) is 5.10 Å². The highest BCUT2D eigenvalue weighted by atomic mass is 32.2. The van der Waals surface area contributed by atoms with Gasteiger partial charge in [0.2, 0.25) is 10.0 Å². The molecule has 0 radical (unpaired) electrons. The van der Waals surface area contributed by atoms with Gasteiger partial charge in [-0.05, 0) is 54.6 Å². The van der Waals surface area contributed by atoms with Crippen LogP contribution in [0.1, 0.15) is 0 Å². The minimum Gasteiger partial charge on any atom is -0.340 e. The summed E-state index contributed by atoms with van der Waals surface area (Å²) >= 11 is 0. The first-order valence-electron chi connectivity index (χ1n) is 9.19. The fraction of sp³-hybridized carbons (Fsp3) is 0.0500. The third-order valence-corrected chi connectivity index (χ3v) is 6.55. The smallest absolute Gasteiger partial charge is 0.238 e. The quantitative estimate of drug-likeness (QED) is 0.387. The fourth-order valence-electron chi connectivity index (χ4n) is 2.95. The van der Waals surface area contributed by atoms with Gasteiger partial charge < -0.3 is 5.32 Å². The molecule has 0 aliphatic carbocycles. The van der Waals surface area contributed by atoms with E-state index < -0.39 is 19.9 Å². The van der Waals surface area contributed by atoms with E-state index in [1.807, 2.05) is 0 Å². The Labute approximate surface area is 184 Å². The number of nitrogens with two attached hydrogens (primary N) is 1. The molecule has 164 valence electrons. The lowest BCUT2D eigenvalue weighted by molar-refractivity contribution is 0.597. The zero-order valence-electron chi connectivity index (χ0n) is 16.7. The van der Waals surface area contributed by atoms with Crippen molar-refractivity contribution in [3.8, 4) is 22.8 Å². The number of rotatable bonds is 6. The lowest BCUT2D eigenvalue weighted by Crippen LogP contribution is -2.12. The summed E-state index contributed by atoms with van der Waals surface area (Å²) < 4.78 is 46.5. The van der Waals surface area contributed by atoms with Crippen molar-refractivity contribution in [3.63, 3.8) is 0 Å². The Bertz CT molecular complexity index is 1500. The Morgan fingerprint density at radius 1 is 0.938 bits per heavy atom. The standard InChI is InChI=1S/C20H18N6O4S2/c1-31(27,28)15-9-7-13(8-10-15)18-24-20(26-25-18)17-6-3-11-22-19(17)23-14-4-2-5-16(12-14)32(21,29)30/h2-12H,1H3,(H,22,23)(H2,21,29,30)(H,24,25,26). The first-order valence-corrected chi connectivity index (χ1v) is 12.6. The van der Waals surface area contributed by atoms with E-state index in [4.69, 9.17) is 5.14 Å². The number of aromatic amines is 1. The molecular formula is C20H18N6O4S2. The molecule has 0 saturated heterocycles. The fourth-order valence-corrected chi connectivity index (χ4v) is 4.14. The maximum absolute atomic E-state index is 11.6. The minimum atomic E-state index is -3.85. The normalized spacial score (nSPS) is 11.9. The summed E-state index contributed by atoms with van der Waals surface area (Å²) in [5, 5.41) is 15.3. The number of hydrogen-bond donors (Lipinski definition) is 3. The van der Waals surface area contributed by atoms with Crippen LogP contribution in [0.2, 0.25) is 0 Å². The van der Waals surface area contributed by atoms with Crippen LogP contribution in [0.3, 0.4) is 0 Å². The average molecular weight is 471 g/mol. The SMILES string of the molecule is CS(=O)(=O)c1ccc(-c2n[nH]c(-c3cccnc3Nc3cccc(S(N)(=O)=O)c3)n2)cc1. The Hall–Kier alpha value is -3.61. The summed E-state index contributed by atoms with van der Waals surface area (Å²) in [4.78, 5) is 8.98. The van der Waals surface area contributed by atoms with Gasteiger partial charge in [0.25, 0.3) is 0 Å². The molecule has 0 unspecified atom stereocenters. The molecule has 32 heavy (non-hydrogen) atoms. The Morgan fingerprint density at radius 3 is 2.38 bits per heavy atom. The molecule has 4 aromatic rings. The van der Waals surface area contributed by atoms with Crippen LogP contribution in [0.4, 0.5) is 11.5 Å². The number of H-pyrrole nitrogens is 1. The van der Waals surface area contributed by atoms with E-state index in [-0.39, 0.29) is 9.79 Å². The lowest BCUT2D eigenvalue weighted by Gasteiger charge is -2.10. The van der Waals surface area contributed by atoms with Gasteiger partial charge in [0, 0.05) is 23.7 Å².